The molecule has 0 bridgehead atoms. The molecule has 0 aliphatic carbocycles. The van der Waals surface area contributed by atoms with Crippen LogP contribution in [-0.2, 0) is 9.59 Å². The summed E-state index contributed by atoms with van der Waals surface area (Å²) in [5, 5.41) is 3.71. The summed E-state index contributed by atoms with van der Waals surface area (Å²) in [6, 6.07) is 2.44. The van der Waals surface area contributed by atoms with Crippen LogP contribution in [0.4, 0.5) is 5.69 Å². The van der Waals surface area contributed by atoms with E-state index in [1.165, 1.54) is 12.0 Å². The maximum absolute atomic E-state index is 12.8. The van der Waals surface area contributed by atoms with Gasteiger partial charge in [0.25, 0.3) is 5.91 Å². The van der Waals surface area contributed by atoms with E-state index in [9.17, 15) is 14.4 Å². The van der Waals surface area contributed by atoms with Gasteiger partial charge in [0.1, 0.15) is 6.04 Å². The zero-order valence-corrected chi connectivity index (χ0v) is 16.1. The number of ether oxygens (including phenoxy) is 2. The summed E-state index contributed by atoms with van der Waals surface area (Å²) in [4.78, 5) is 38.2. The Balaban J connectivity index is 1.85. The molecular formula is C18H21BrN2O5. The second-order valence-electron chi connectivity index (χ2n) is 6.33. The third kappa shape index (κ3) is 3.70. The number of alkyl halides is 1. The molecule has 1 saturated heterocycles. The first-order chi connectivity index (χ1) is 12.5. The fraction of sp³-hybridized carbons (Fsp3) is 0.500. The number of ketones is 1. The molecule has 1 aromatic rings. The highest BCUT2D eigenvalue weighted by Crippen LogP contribution is 2.37. The van der Waals surface area contributed by atoms with Crippen molar-refractivity contribution >= 4 is 39.2 Å². The molecule has 1 fully saturated rings. The number of unbranched alkanes of at least 4 members (excludes halogenated alkanes) is 2. The number of rotatable bonds is 7. The smallest absolute Gasteiger partial charge is 0.257 e. The highest BCUT2D eigenvalue weighted by Gasteiger charge is 2.42. The second-order valence-corrected chi connectivity index (χ2v) is 7.12. The normalized spacial score (nSPS) is 18.9. The lowest BCUT2D eigenvalue weighted by atomic mass is 10.1. The minimum Gasteiger partial charge on any atom is -0.493 e. The van der Waals surface area contributed by atoms with Crippen molar-refractivity contribution in [2.75, 3.05) is 30.9 Å². The van der Waals surface area contributed by atoms with Crippen molar-refractivity contribution in [3.05, 3.63) is 17.7 Å². The second kappa shape index (κ2) is 8.07. The number of anilines is 1. The van der Waals surface area contributed by atoms with Gasteiger partial charge in [-0.05, 0) is 25.3 Å². The van der Waals surface area contributed by atoms with Gasteiger partial charge in [-0.25, -0.2) is 0 Å². The number of carbonyl (C=O) groups is 3. The molecule has 0 aromatic heterocycles. The van der Waals surface area contributed by atoms with Gasteiger partial charge >= 0.3 is 0 Å². The molecule has 0 spiro atoms. The van der Waals surface area contributed by atoms with Crippen LogP contribution < -0.4 is 14.8 Å². The average molecular weight is 425 g/mol. The van der Waals surface area contributed by atoms with Crippen molar-refractivity contribution in [2.24, 2.45) is 0 Å². The van der Waals surface area contributed by atoms with E-state index in [1.54, 1.807) is 12.1 Å². The lowest BCUT2D eigenvalue weighted by Gasteiger charge is -2.19. The van der Waals surface area contributed by atoms with Gasteiger partial charge in [-0.3, -0.25) is 14.4 Å². The van der Waals surface area contributed by atoms with Gasteiger partial charge in [0.2, 0.25) is 5.91 Å². The summed E-state index contributed by atoms with van der Waals surface area (Å²) < 4.78 is 11.1. The molecule has 2 aliphatic rings. The number of benzene rings is 1. The van der Waals surface area contributed by atoms with Crippen molar-refractivity contribution in [2.45, 2.75) is 31.7 Å². The summed E-state index contributed by atoms with van der Waals surface area (Å²) in [7, 11) is 1.50. The van der Waals surface area contributed by atoms with Gasteiger partial charge in [0.15, 0.2) is 17.3 Å². The molecule has 3 rings (SSSR count). The molecule has 0 radical (unpaired) electrons. The van der Waals surface area contributed by atoms with Crippen molar-refractivity contribution in [3.63, 3.8) is 0 Å². The minimum atomic E-state index is -0.748. The van der Waals surface area contributed by atoms with Crippen molar-refractivity contribution < 1.29 is 23.9 Å². The summed E-state index contributed by atoms with van der Waals surface area (Å²) in [6.07, 6.45) is 3.07. The summed E-state index contributed by atoms with van der Waals surface area (Å²) in [6.45, 7) is 0.484. The average Bonchev–Trinajstić information content (AvgIpc) is 2.99. The number of halogens is 1. The van der Waals surface area contributed by atoms with Crippen LogP contribution in [0.5, 0.6) is 11.5 Å². The van der Waals surface area contributed by atoms with Crippen molar-refractivity contribution in [1.82, 2.24) is 4.90 Å². The quantitative estimate of drug-likeness (QED) is 0.536. The topological polar surface area (TPSA) is 84.9 Å². The Morgan fingerprint density at radius 2 is 2.00 bits per heavy atom. The number of Topliss-reactive ketones (excluding diaryl/α,β-unsaturated/α-hetero) is 1. The summed E-state index contributed by atoms with van der Waals surface area (Å²) in [5.41, 5.74) is 0.692. The van der Waals surface area contributed by atoms with Crippen LogP contribution >= 0.6 is 15.9 Å². The lowest BCUT2D eigenvalue weighted by molar-refractivity contribution is -0.121. The van der Waals surface area contributed by atoms with E-state index in [2.05, 4.69) is 21.2 Å². The maximum atomic E-state index is 12.8. The molecule has 140 valence electrons. The van der Waals surface area contributed by atoms with E-state index in [0.717, 1.165) is 24.6 Å². The van der Waals surface area contributed by atoms with Gasteiger partial charge in [0.05, 0.1) is 31.5 Å². The number of amides is 2. The zero-order chi connectivity index (χ0) is 18.7. The predicted octanol–water partition coefficient (Wildman–Crippen LogP) is 2.37. The van der Waals surface area contributed by atoms with E-state index >= 15 is 0 Å². The number of carbonyl (C=O) groups excluding carboxylic acids is 3. The minimum absolute atomic E-state index is 0.0372. The number of nitrogens with zero attached hydrogens (tertiary/aromatic N) is 1. The van der Waals surface area contributed by atoms with Crippen LogP contribution in [0.1, 0.15) is 36.0 Å². The van der Waals surface area contributed by atoms with E-state index in [-0.39, 0.29) is 30.6 Å². The van der Waals surface area contributed by atoms with Crippen LogP contribution in [0, 0.1) is 0 Å². The molecule has 1 unspecified atom stereocenters. The first kappa shape index (κ1) is 18.7. The first-order valence-electron chi connectivity index (χ1n) is 8.59. The zero-order valence-electron chi connectivity index (χ0n) is 14.5. The summed E-state index contributed by atoms with van der Waals surface area (Å²) >= 11 is 3.40. The van der Waals surface area contributed by atoms with E-state index in [1.807, 2.05) is 0 Å². The van der Waals surface area contributed by atoms with Crippen molar-refractivity contribution in [3.8, 4) is 11.5 Å². The third-order valence-electron chi connectivity index (χ3n) is 4.54. The Labute approximate surface area is 160 Å². The van der Waals surface area contributed by atoms with Gasteiger partial charge in [-0.15, -0.1) is 0 Å². The van der Waals surface area contributed by atoms with Gasteiger partial charge in [0, 0.05) is 17.8 Å². The molecular weight excluding hydrogens is 404 g/mol. The Morgan fingerprint density at radius 1 is 1.19 bits per heavy atom. The number of hydrogen-bond donors (Lipinski definition) is 1. The van der Waals surface area contributed by atoms with Crippen molar-refractivity contribution in [1.29, 1.82) is 0 Å². The molecule has 2 amide bonds. The fourth-order valence-electron chi connectivity index (χ4n) is 3.18. The van der Waals surface area contributed by atoms with Gasteiger partial charge in [-0.2, -0.15) is 0 Å². The monoisotopic (exact) mass is 424 g/mol. The van der Waals surface area contributed by atoms with E-state index in [4.69, 9.17) is 9.47 Å². The molecule has 8 heteroatoms. The number of hydrogen-bond acceptors (Lipinski definition) is 5. The molecule has 0 saturated carbocycles. The van der Waals surface area contributed by atoms with E-state index in [0.29, 0.717) is 29.4 Å². The molecule has 1 atom stereocenters. The number of fused-ring (bicyclic) bond motifs is 2. The van der Waals surface area contributed by atoms with E-state index < -0.39 is 6.04 Å². The summed E-state index contributed by atoms with van der Waals surface area (Å²) in [5.74, 6) is 0.0947. The van der Waals surface area contributed by atoms with Crippen LogP contribution in [0.25, 0.3) is 0 Å². The Kier molecular flexibility index (Phi) is 5.80. The number of methoxy groups -OCH3 is 1. The molecule has 1 N–H and O–H groups in total. The SMILES string of the molecule is COc1cc2c(cc1OCCCCCBr)NC(=O)C1CC(=O)CN1C2=O. The van der Waals surface area contributed by atoms with Crippen LogP contribution in [0.3, 0.4) is 0 Å². The maximum Gasteiger partial charge on any atom is 0.257 e. The standard InChI is InChI=1S/C18H21BrN2O5/c1-25-15-8-12-13(9-16(15)26-6-4-2-3-5-19)20-17(23)14-7-11(22)10-21(14)18(12)24/h8-9,14H,2-7,10H2,1H3,(H,20,23). The molecule has 2 aliphatic heterocycles. The molecule has 7 nitrogen and oxygen atoms in total. The Bertz CT molecular complexity index is 737. The first-order valence-corrected chi connectivity index (χ1v) is 9.71. The van der Waals surface area contributed by atoms with Gasteiger partial charge < -0.3 is 19.7 Å². The predicted molar refractivity (Wildman–Crippen MR) is 99.2 cm³/mol. The highest BCUT2D eigenvalue weighted by molar-refractivity contribution is 9.09. The van der Waals surface area contributed by atoms with Crippen LogP contribution in [-0.4, -0.2) is 54.1 Å². The fourth-order valence-corrected chi connectivity index (χ4v) is 3.57. The Morgan fingerprint density at radius 3 is 2.73 bits per heavy atom. The number of nitrogens with one attached hydrogen (secondary N) is 1. The lowest BCUT2D eigenvalue weighted by Crippen LogP contribution is -2.40. The van der Waals surface area contributed by atoms with Gasteiger partial charge in [-0.1, -0.05) is 15.9 Å². The molecule has 26 heavy (non-hydrogen) atoms. The largest absolute Gasteiger partial charge is 0.493 e. The van der Waals surface area contributed by atoms with Crippen LogP contribution in [0.2, 0.25) is 0 Å². The highest BCUT2D eigenvalue weighted by atomic mass is 79.9. The Hall–Kier alpha value is -2.09. The van der Waals surface area contributed by atoms with Crippen LogP contribution in [0.15, 0.2) is 12.1 Å². The third-order valence-corrected chi connectivity index (χ3v) is 5.10. The molecule has 1 aromatic carbocycles. The molecule has 2 heterocycles.